The van der Waals surface area contributed by atoms with Crippen molar-refractivity contribution in [3.63, 3.8) is 0 Å². The first-order valence-corrected chi connectivity index (χ1v) is 8.94. The molecule has 0 amide bonds. The molecule has 0 radical (unpaired) electrons. The summed E-state index contributed by atoms with van der Waals surface area (Å²) in [6.45, 7) is 10.0. The number of aryl methyl sites for hydroxylation is 1. The van der Waals surface area contributed by atoms with Crippen LogP contribution in [-0.2, 0) is 17.7 Å². The lowest BCUT2D eigenvalue weighted by atomic mass is 9.87. The van der Waals surface area contributed by atoms with E-state index in [4.69, 9.17) is 9.73 Å². The number of hydrogen-bond acceptors (Lipinski definition) is 2. The molecule has 3 rings (SSSR count). The second-order valence-electron chi connectivity index (χ2n) is 6.77. The van der Waals surface area contributed by atoms with Crippen molar-refractivity contribution in [2.45, 2.75) is 39.7 Å². The van der Waals surface area contributed by atoms with Crippen molar-refractivity contribution in [3.8, 4) is 0 Å². The van der Waals surface area contributed by atoms with Gasteiger partial charge in [-0.2, -0.15) is 0 Å². The van der Waals surface area contributed by atoms with Crippen LogP contribution in [0.5, 0.6) is 0 Å². The number of guanidine groups is 1. The van der Waals surface area contributed by atoms with Crippen molar-refractivity contribution in [1.29, 1.82) is 0 Å². The molecule has 0 aromatic heterocycles. The molecule has 0 bridgehead atoms. The number of benzene rings is 1. The third-order valence-electron chi connectivity index (χ3n) is 5.16. The number of nitrogens with one attached hydrogen (secondary N) is 1. The lowest BCUT2D eigenvalue weighted by Gasteiger charge is -2.25. The number of halogens is 1. The maximum atomic E-state index is 5.64. The lowest BCUT2D eigenvalue weighted by Crippen LogP contribution is -2.41. The van der Waals surface area contributed by atoms with Gasteiger partial charge in [0.25, 0.3) is 0 Å². The second-order valence-corrected chi connectivity index (χ2v) is 6.77. The van der Waals surface area contributed by atoms with E-state index in [2.05, 4.69) is 48.3 Å². The van der Waals surface area contributed by atoms with Crippen LogP contribution in [0.15, 0.2) is 29.3 Å². The fourth-order valence-electron chi connectivity index (χ4n) is 3.73. The van der Waals surface area contributed by atoms with Gasteiger partial charge in [-0.3, -0.25) is 0 Å². The van der Waals surface area contributed by atoms with Crippen molar-refractivity contribution in [3.05, 3.63) is 35.4 Å². The second kappa shape index (κ2) is 9.04. The monoisotopic (exact) mass is 443 g/mol. The summed E-state index contributed by atoms with van der Waals surface area (Å²) in [6.07, 6.45) is 3.48. The Morgan fingerprint density at radius 2 is 2.04 bits per heavy atom. The molecule has 1 aromatic rings. The zero-order valence-electron chi connectivity index (χ0n) is 14.9. The van der Waals surface area contributed by atoms with Crippen LogP contribution in [-0.4, -0.2) is 43.7 Å². The first-order chi connectivity index (χ1) is 11.3. The quantitative estimate of drug-likeness (QED) is 0.440. The Morgan fingerprint density at radius 3 is 2.71 bits per heavy atom. The fourth-order valence-corrected chi connectivity index (χ4v) is 3.73. The molecule has 4 nitrogen and oxygen atoms in total. The van der Waals surface area contributed by atoms with Crippen molar-refractivity contribution in [2.24, 2.45) is 10.4 Å². The van der Waals surface area contributed by atoms with Crippen LogP contribution in [0.1, 0.15) is 37.8 Å². The van der Waals surface area contributed by atoms with Gasteiger partial charge < -0.3 is 15.0 Å². The number of aliphatic imine (C=N–C) groups is 1. The van der Waals surface area contributed by atoms with Crippen LogP contribution in [0.2, 0.25) is 0 Å². The van der Waals surface area contributed by atoms with Gasteiger partial charge in [0.05, 0.1) is 13.2 Å². The minimum absolute atomic E-state index is 0. The minimum Gasteiger partial charge on any atom is -0.381 e. The molecule has 0 saturated carbocycles. The highest BCUT2D eigenvalue weighted by atomic mass is 127. The molecule has 2 fully saturated rings. The fraction of sp³-hybridized carbons (Fsp3) is 0.632. The number of likely N-dealkylation sites (tertiary alicyclic amines) is 1. The molecule has 24 heavy (non-hydrogen) atoms. The van der Waals surface area contributed by atoms with E-state index in [-0.39, 0.29) is 24.0 Å². The minimum atomic E-state index is 0. The smallest absolute Gasteiger partial charge is 0.194 e. The van der Waals surface area contributed by atoms with Crippen molar-refractivity contribution in [2.75, 3.05) is 32.8 Å². The van der Waals surface area contributed by atoms with Gasteiger partial charge in [0.15, 0.2) is 5.96 Å². The zero-order chi connectivity index (χ0) is 16.1. The molecule has 2 saturated heterocycles. The molecular weight excluding hydrogens is 413 g/mol. The summed E-state index contributed by atoms with van der Waals surface area (Å²) < 4.78 is 5.64. The van der Waals surface area contributed by atoms with E-state index in [1.54, 1.807) is 0 Å². The molecule has 1 N–H and O–H groups in total. The van der Waals surface area contributed by atoms with Crippen LogP contribution in [0.3, 0.4) is 0 Å². The highest BCUT2D eigenvalue weighted by molar-refractivity contribution is 14.0. The summed E-state index contributed by atoms with van der Waals surface area (Å²) in [4.78, 5) is 7.34. The predicted octanol–water partition coefficient (Wildman–Crippen LogP) is 3.44. The molecule has 5 heteroatoms. The highest BCUT2D eigenvalue weighted by Crippen LogP contribution is 2.38. The first-order valence-electron chi connectivity index (χ1n) is 8.94. The Bertz CT molecular complexity index is 555. The molecule has 1 unspecified atom stereocenters. The van der Waals surface area contributed by atoms with Crippen molar-refractivity contribution < 1.29 is 4.74 Å². The summed E-state index contributed by atoms with van der Waals surface area (Å²) in [5.74, 6) is 1.06. The zero-order valence-corrected chi connectivity index (χ0v) is 17.2. The van der Waals surface area contributed by atoms with E-state index in [1.165, 1.54) is 24.0 Å². The van der Waals surface area contributed by atoms with Gasteiger partial charge in [0, 0.05) is 31.7 Å². The van der Waals surface area contributed by atoms with Gasteiger partial charge in [-0.05, 0) is 37.3 Å². The van der Waals surface area contributed by atoms with Gasteiger partial charge in [0.2, 0.25) is 0 Å². The number of ether oxygens (including phenoxy) is 1. The topological polar surface area (TPSA) is 36.9 Å². The number of hydrogen-bond donors (Lipinski definition) is 1. The van der Waals surface area contributed by atoms with Gasteiger partial charge >= 0.3 is 0 Å². The Kier molecular flexibility index (Phi) is 7.34. The molecule has 2 aliphatic rings. The van der Waals surface area contributed by atoms with Gasteiger partial charge in [-0.25, -0.2) is 4.99 Å². The molecule has 2 heterocycles. The standard InChI is InChI=1S/C19H29N3O.HI/c1-3-16-7-5-6-8-17(16)13-21-18(20-4-2)22-11-9-19(14-22)10-12-23-15-19;/h5-8H,3-4,9-15H2,1-2H3,(H,20,21);1H. The predicted molar refractivity (Wildman–Crippen MR) is 110 cm³/mol. The van der Waals surface area contributed by atoms with E-state index in [9.17, 15) is 0 Å². The average molecular weight is 443 g/mol. The summed E-state index contributed by atoms with van der Waals surface area (Å²) >= 11 is 0. The van der Waals surface area contributed by atoms with Gasteiger partial charge in [-0.1, -0.05) is 31.2 Å². The van der Waals surface area contributed by atoms with Crippen LogP contribution < -0.4 is 5.32 Å². The maximum absolute atomic E-state index is 5.64. The average Bonchev–Trinajstić information content (AvgIpc) is 3.22. The van der Waals surface area contributed by atoms with Gasteiger partial charge in [-0.15, -0.1) is 24.0 Å². The lowest BCUT2D eigenvalue weighted by molar-refractivity contribution is 0.156. The van der Waals surface area contributed by atoms with E-state index >= 15 is 0 Å². The van der Waals surface area contributed by atoms with Crippen LogP contribution >= 0.6 is 24.0 Å². The summed E-state index contributed by atoms with van der Waals surface area (Å²) in [7, 11) is 0. The molecule has 0 aliphatic carbocycles. The maximum Gasteiger partial charge on any atom is 0.194 e. The molecule has 2 aliphatic heterocycles. The molecular formula is C19H30IN3O. The van der Waals surface area contributed by atoms with E-state index in [1.807, 2.05) is 0 Å². The summed E-state index contributed by atoms with van der Waals surface area (Å²) in [5, 5.41) is 3.47. The SMILES string of the molecule is CCNC(=NCc1ccccc1CC)N1CCC2(CCOC2)C1.I. The summed E-state index contributed by atoms with van der Waals surface area (Å²) in [5.41, 5.74) is 3.11. The van der Waals surface area contributed by atoms with E-state index in [0.717, 1.165) is 51.8 Å². The van der Waals surface area contributed by atoms with Crippen LogP contribution in [0.4, 0.5) is 0 Å². The normalized spacial score (nSPS) is 23.6. The van der Waals surface area contributed by atoms with E-state index < -0.39 is 0 Å². The molecule has 1 atom stereocenters. The highest BCUT2D eigenvalue weighted by Gasteiger charge is 2.42. The summed E-state index contributed by atoms with van der Waals surface area (Å²) in [6, 6.07) is 8.62. The Labute approximate surface area is 163 Å². The molecule has 1 aromatic carbocycles. The van der Waals surface area contributed by atoms with Crippen molar-refractivity contribution in [1.82, 2.24) is 10.2 Å². The molecule has 134 valence electrons. The number of nitrogens with zero attached hydrogens (tertiary/aromatic N) is 2. The number of rotatable bonds is 4. The van der Waals surface area contributed by atoms with Crippen LogP contribution in [0.25, 0.3) is 0 Å². The van der Waals surface area contributed by atoms with Crippen molar-refractivity contribution >= 4 is 29.9 Å². The Morgan fingerprint density at radius 1 is 1.25 bits per heavy atom. The molecule has 1 spiro atoms. The third-order valence-corrected chi connectivity index (χ3v) is 5.16. The van der Waals surface area contributed by atoms with Crippen LogP contribution in [0, 0.1) is 5.41 Å². The largest absolute Gasteiger partial charge is 0.381 e. The first kappa shape index (κ1) is 19.5. The van der Waals surface area contributed by atoms with Gasteiger partial charge in [0.1, 0.15) is 0 Å². The third kappa shape index (κ3) is 4.42. The Balaban J connectivity index is 0.00000208. The Hall–Kier alpha value is -0.820. The van der Waals surface area contributed by atoms with E-state index in [0.29, 0.717) is 5.41 Å².